The fraction of sp³-hybridized carbons (Fsp3) is 0.200. The van der Waals surface area contributed by atoms with Crippen LogP contribution in [0.4, 0.5) is 15.8 Å². The smallest absolute Gasteiger partial charge is 0.261 e. The summed E-state index contributed by atoms with van der Waals surface area (Å²) in [5.41, 5.74) is 6.91. The second-order valence-electron chi connectivity index (χ2n) is 4.76. The molecule has 6 heteroatoms. The number of nitrogen functional groups attached to an aromatic ring is 1. The summed E-state index contributed by atoms with van der Waals surface area (Å²) in [6.45, 7) is 3.41. The monoisotopic (exact) mass is 308 g/mol. The van der Waals surface area contributed by atoms with Crippen molar-refractivity contribution in [3.8, 4) is 0 Å². The third kappa shape index (κ3) is 3.16. The quantitative estimate of drug-likeness (QED) is 0.853. The standard InChI is InChI=1S/C15H17FN2O2S/c1-3-11-6-4-5-7-14(11)18-21(19,20)12-8-10(2)15(16)13(17)9-12/h4-9,18H,3,17H2,1-2H3. The van der Waals surface area contributed by atoms with E-state index in [1.54, 1.807) is 12.1 Å². The van der Waals surface area contributed by atoms with Crippen LogP contribution < -0.4 is 10.5 Å². The summed E-state index contributed by atoms with van der Waals surface area (Å²) in [5.74, 6) is -0.595. The van der Waals surface area contributed by atoms with Crippen LogP contribution in [0.1, 0.15) is 18.1 Å². The molecule has 0 fully saturated rings. The van der Waals surface area contributed by atoms with Gasteiger partial charge in [-0.2, -0.15) is 0 Å². The normalized spacial score (nSPS) is 11.4. The minimum atomic E-state index is -3.80. The molecule has 0 aliphatic heterocycles. The summed E-state index contributed by atoms with van der Waals surface area (Å²) in [6, 6.07) is 9.53. The fourth-order valence-corrected chi connectivity index (χ4v) is 3.27. The van der Waals surface area contributed by atoms with Crippen molar-refractivity contribution < 1.29 is 12.8 Å². The zero-order chi connectivity index (χ0) is 15.6. The number of aryl methyl sites for hydroxylation is 2. The van der Waals surface area contributed by atoms with Crippen molar-refractivity contribution in [2.45, 2.75) is 25.2 Å². The Labute approximate surface area is 123 Å². The molecule has 0 saturated carbocycles. The number of hydrogen-bond acceptors (Lipinski definition) is 3. The Bertz CT molecular complexity index is 750. The Balaban J connectivity index is 2.44. The first-order valence-electron chi connectivity index (χ1n) is 6.51. The van der Waals surface area contributed by atoms with Gasteiger partial charge in [-0.15, -0.1) is 0 Å². The molecular formula is C15H17FN2O2S. The number of nitrogens with one attached hydrogen (secondary N) is 1. The molecule has 0 atom stereocenters. The first-order chi connectivity index (χ1) is 9.85. The van der Waals surface area contributed by atoms with Gasteiger partial charge in [0.25, 0.3) is 10.0 Å². The van der Waals surface area contributed by atoms with Gasteiger partial charge in [0.2, 0.25) is 0 Å². The first-order valence-corrected chi connectivity index (χ1v) is 8.00. The summed E-state index contributed by atoms with van der Waals surface area (Å²) in [6.07, 6.45) is 0.698. The van der Waals surface area contributed by atoms with Crippen LogP contribution >= 0.6 is 0 Å². The summed E-state index contributed by atoms with van der Waals surface area (Å²) in [5, 5.41) is 0. The van der Waals surface area contributed by atoms with E-state index in [0.29, 0.717) is 12.1 Å². The molecule has 2 rings (SSSR count). The highest BCUT2D eigenvalue weighted by atomic mass is 32.2. The highest BCUT2D eigenvalue weighted by Gasteiger charge is 2.18. The van der Waals surface area contributed by atoms with Crippen molar-refractivity contribution in [2.75, 3.05) is 10.5 Å². The Morgan fingerprint density at radius 3 is 2.52 bits per heavy atom. The van der Waals surface area contributed by atoms with Crippen molar-refractivity contribution in [1.29, 1.82) is 0 Å². The number of benzene rings is 2. The lowest BCUT2D eigenvalue weighted by molar-refractivity contribution is 0.599. The molecule has 2 aromatic carbocycles. The topological polar surface area (TPSA) is 72.2 Å². The van der Waals surface area contributed by atoms with Crippen molar-refractivity contribution >= 4 is 21.4 Å². The van der Waals surface area contributed by atoms with Gasteiger partial charge in [-0.3, -0.25) is 4.72 Å². The molecule has 0 aliphatic carbocycles. The fourth-order valence-electron chi connectivity index (χ4n) is 2.05. The molecule has 3 N–H and O–H groups in total. The maximum absolute atomic E-state index is 13.5. The summed E-state index contributed by atoms with van der Waals surface area (Å²) >= 11 is 0. The van der Waals surface area contributed by atoms with Crippen LogP contribution in [-0.4, -0.2) is 8.42 Å². The van der Waals surface area contributed by atoms with Crippen molar-refractivity contribution in [3.63, 3.8) is 0 Å². The molecule has 0 aliphatic rings. The Kier molecular flexibility index (Phi) is 4.18. The lowest BCUT2D eigenvalue weighted by Crippen LogP contribution is -2.15. The predicted octanol–water partition coefficient (Wildman–Crippen LogP) is 3.08. The minimum absolute atomic E-state index is 0.0511. The largest absolute Gasteiger partial charge is 0.396 e. The van der Waals surface area contributed by atoms with Gasteiger partial charge in [-0.1, -0.05) is 25.1 Å². The van der Waals surface area contributed by atoms with Gasteiger partial charge < -0.3 is 5.73 Å². The Morgan fingerprint density at radius 2 is 1.90 bits per heavy atom. The molecule has 0 amide bonds. The SMILES string of the molecule is CCc1ccccc1NS(=O)(=O)c1cc(C)c(F)c(N)c1. The molecule has 112 valence electrons. The van der Waals surface area contributed by atoms with E-state index in [-0.39, 0.29) is 16.1 Å². The average molecular weight is 308 g/mol. The van der Waals surface area contributed by atoms with Gasteiger partial charge >= 0.3 is 0 Å². The van der Waals surface area contributed by atoms with Crippen molar-refractivity contribution in [1.82, 2.24) is 0 Å². The predicted molar refractivity (Wildman–Crippen MR) is 82.2 cm³/mol. The van der Waals surface area contributed by atoms with E-state index < -0.39 is 15.8 Å². The minimum Gasteiger partial charge on any atom is -0.396 e. The number of rotatable bonds is 4. The molecule has 0 aromatic heterocycles. The van der Waals surface area contributed by atoms with E-state index in [1.807, 2.05) is 19.1 Å². The molecule has 0 saturated heterocycles. The average Bonchev–Trinajstić information content (AvgIpc) is 2.44. The number of para-hydroxylation sites is 1. The molecule has 0 unspecified atom stereocenters. The zero-order valence-electron chi connectivity index (χ0n) is 11.9. The van der Waals surface area contributed by atoms with E-state index in [2.05, 4.69) is 4.72 Å². The summed E-state index contributed by atoms with van der Waals surface area (Å²) in [4.78, 5) is -0.0511. The van der Waals surface area contributed by atoms with Crippen LogP contribution in [0.3, 0.4) is 0 Å². The van der Waals surface area contributed by atoms with Gasteiger partial charge in [-0.25, -0.2) is 12.8 Å². The maximum atomic E-state index is 13.5. The molecular weight excluding hydrogens is 291 g/mol. The van der Waals surface area contributed by atoms with E-state index in [0.717, 1.165) is 11.6 Å². The molecule has 21 heavy (non-hydrogen) atoms. The van der Waals surface area contributed by atoms with E-state index >= 15 is 0 Å². The number of sulfonamides is 1. The van der Waals surface area contributed by atoms with E-state index in [1.165, 1.54) is 13.0 Å². The summed E-state index contributed by atoms with van der Waals surface area (Å²) < 4.78 is 40.8. The van der Waals surface area contributed by atoms with Crippen molar-refractivity contribution in [3.05, 3.63) is 53.3 Å². The number of halogens is 1. The van der Waals surface area contributed by atoms with Crippen LogP contribution in [0, 0.1) is 12.7 Å². The Hall–Kier alpha value is -2.08. The second-order valence-corrected chi connectivity index (χ2v) is 6.44. The van der Waals surface area contributed by atoms with Crippen LogP contribution in [0.5, 0.6) is 0 Å². The molecule has 0 heterocycles. The van der Waals surface area contributed by atoms with Gasteiger partial charge in [-0.05, 0) is 42.7 Å². The molecule has 0 bridgehead atoms. The third-order valence-corrected chi connectivity index (χ3v) is 4.55. The molecule has 2 aromatic rings. The lowest BCUT2D eigenvalue weighted by atomic mass is 10.1. The zero-order valence-corrected chi connectivity index (χ0v) is 12.7. The van der Waals surface area contributed by atoms with Crippen LogP contribution in [0.2, 0.25) is 0 Å². The van der Waals surface area contributed by atoms with E-state index in [4.69, 9.17) is 5.73 Å². The van der Waals surface area contributed by atoms with Gasteiger partial charge in [0.15, 0.2) is 0 Å². The number of hydrogen-bond donors (Lipinski definition) is 2. The molecule has 0 radical (unpaired) electrons. The van der Waals surface area contributed by atoms with E-state index in [9.17, 15) is 12.8 Å². The number of anilines is 2. The van der Waals surface area contributed by atoms with Crippen LogP contribution in [0.25, 0.3) is 0 Å². The van der Waals surface area contributed by atoms with Crippen LogP contribution in [-0.2, 0) is 16.4 Å². The van der Waals surface area contributed by atoms with Gasteiger partial charge in [0, 0.05) is 0 Å². The molecule has 4 nitrogen and oxygen atoms in total. The molecule has 0 spiro atoms. The lowest BCUT2D eigenvalue weighted by Gasteiger charge is -2.13. The maximum Gasteiger partial charge on any atom is 0.261 e. The highest BCUT2D eigenvalue weighted by molar-refractivity contribution is 7.92. The second kappa shape index (κ2) is 5.73. The first kappa shape index (κ1) is 15.3. The Morgan fingerprint density at radius 1 is 1.24 bits per heavy atom. The number of nitrogens with two attached hydrogens (primary N) is 1. The van der Waals surface area contributed by atoms with Crippen molar-refractivity contribution in [2.24, 2.45) is 0 Å². The highest BCUT2D eigenvalue weighted by Crippen LogP contribution is 2.24. The van der Waals surface area contributed by atoms with Gasteiger partial charge in [0.05, 0.1) is 16.3 Å². The third-order valence-electron chi connectivity index (χ3n) is 3.21. The van der Waals surface area contributed by atoms with Gasteiger partial charge in [0.1, 0.15) is 5.82 Å². The summed E-state index contributed by atoms with van der Waals surface area (Å²) in [7, 11) is -3.80. The van der Waals surface area contributed by atoms with Crippen LogP contribution in [0.15, 0.2) is 41.3 Å².